The number of carbonyl (C=O) groups excluding carboxylic acids is 1. The average Bonchev–Trinajstić information content (AvgIpc) is 2.21. The summed E-state index contributed by atoms with van der Waals surface area (Å²) in [6, 6.07) is 0. The summed E-state index contributed by atoms with van der Waals surface area (Å²) in [7, 11) is 0. The molecule has 0 N–H and O–H groups in total. The molecular formula is C12H21F3O2. The summed E-state index contributed by atoms with van der Waals surface area (Å²) in [6.45, 7) is 2.16. The highest BCUT2D eigenvalue weighted by Gasteiger charge is 2.25. The van der Waals surface area contributed by atoms with Crippen LogP contribution in [-0.2, 0) is 9.53 Å². The molecule has 0 rings (SSSR count). The molecule has 0 aromatic heterocycles. The fourth-order valence-electron chi connectivity index (χ4n) is 1.54. The maximum absolute atomic E-state index is 11.8. The second kappa shape index (κ2) is 9.31. The van der Waals surface area contributed by atoms with E-state index in [0.717, 1.165) is 25.7 Å². The Hall–Kier alpha value is -0.740. The summed E-state index contributed by atoms with van der Waals surface area (Å²) < 4.78 is 40.1. The van der Waals surface area contributed by atoms with Gasteiger partial charge in [-0.15, -0.1) is 0 Å². The molecule has 0 amide bonds. The van der Waals surface area contributed by atoms with E-state index in [9.17, 15) is 18.0 Å². The fourth-order valence-corrected chi connectivity index (χ4v) is 1.54. The minimum atomic E-state index is -4.02. The topological polar surface area (TPSA) is 26.3 Å². The third-order valence-corrected chi connectivity index (χ3v) is 2.40. The van der Waals surface area contributed by atoms with Gasteiger partial charge >= 0.3 is 12.1 Å². The second-order valence-corrected chi connectivity index (χ2v) is 4.04. The molecule has 17 heavy (non-hydrogen) atoms. The Bertz CT molecular complexity index is 202. The van der Waals surface area contributed by atoms with Gasteiger partial charge in [-0.3, -0.25) is 4.79 Å². The average molecular weight is 254 g/mol. The van der Waals surface area contributed by atoms with Gasteiger partial charge in [0.2, 0.25) is 0 Å². The summed E-state index contributed by atoms with van der Waals surface area (Å²) in [6.07, 6.45) is -0.143. The Morgan fingerprint density at radius 3 is 2.06 bits per heavy atom. The number of unbranched alkanes of at least 4 members (excludes halogenated alkanes) is 5. The Balaban J connectivity index is 3.16. The van der Waals surface area contributed by atoms with Crippen LogP contribution in [0, 0.1) is 0 Å². The molecule has 0 saturated carbocycles. The van der Waals surface area contributed by atoms with Gasteiger partial charge in [0.05, 0.1) is 6.61 Å². The van der Waals surface area contributed by atoms with Crippen molar-refractivity contribution in [2.24, 2.45) is 0 Å². The van der Waals surface area contributed by atoms with Gasteiger partial charge in [-0.2, -0.15) is 13.2 Å². The predicted molar refractivity (Wildman–Crippen MR) is 59.6 cm³/mol. The molecular weight excluding hydrogens is 233 g/mol. The van der Waals surface area contributed by atoms with E-state index in [2.05, 4.69) is 0 Å². The van der Waals surface area contributed by atoms with Crippen LogP contribution in [0.2, 0.25) is 0 Å². The van der Waals surface area contributed by atoms with E-state index in [1.165, 1.54) is 0 Å². The number of ether oxygens (including phenoxy) is 1. The highest BCUT2D eigenvalue weighted by atomic mass is 19.4. The summed E-state index contributed by atoms with van der Waals surface area (Å²) in [5.41, 5.74) is 0. The lowest BCUT2D eigenvalue weighted by Crippen LogP contribution is -2.06. The molecule has 0 saturated heterocycles. The Labute approximate surface area is 101 Å². The van der Waals surface area contributed by atoms with E-state index in [-0.39, 0.29) is 12.4 Å². The van der Waals surface area contributed by atoms with E-state index in [0.29, 0.717) is 19.4 Å². The van der Waals surface area contributed by atoms with Crippen LogP contribution >= 0.6 is 0 Å². The number of halogens is 3. The van der Waals surface area contributed by atoms with Crippen molar-refractivity contribution in [1.82, 2.24) is 0 Å². The molecule has 0 radical (unpaired) electrons. The van der Waals surface area contributed by atoms with Gasteiger partial charge in [0, 0.05) is 12.8 Å². The van der Waals surface area contributed by atoms with Crippen LogP contribution in [0.4, 0.5) is 13.2 Å². The molecule has 0 atom stereocenters. The van der Waals surface area contributed by atoms with Crippen molar-refractivity contribution in [2.45, 2.75) is 64.5 Å². The van der Waals surface area contributed by atoms with Crippen LogP contribution in [0.25, 0.3) is 0 Å². The molecule has 0 heterocycles. The second-order valence-electron chi connectivity index (χ2n) is 4.04. The van der Waals surface area contributed by atoms with Gasteiger partial charge in [-0.05, 0) is 19.8 Å². The molecule has 5 heteroatoms. The van der Waals surface area contributed by atoms with E-state index in [4.69, 9.17) is 4.74 Å². The van der Waals surface area contributed by atoms with Gasteiger partial charge in [0.25, 0.3) is 0 Å². The third-order valence-electron chi connectivity index (χ3n) is 2.40. The maximum Gasteiger partial charge on any atom is 0.389 e. The van der Waals surface area contributed by atoms with E-state index >= 15 is 0 Å². The first kappa shape index (κ1) is 16.3. The SMILES string of the molecule is CCOC(=O)CCCCCCCCC(F)(F)F. The highest BCUT2D eigenvalue weighted by molar-refractivity contribution is 5.69. The first-order valence-electron chi connectivity index (χ1n) is 6.18. The zero-order chi connectivity index (χ0) is 13.1. The summed E-state index contributed by atoms with van der Waals surface area (Å²) >= 11 is 0. The number of esters is 1. The number of alkyl halides is 3. The molecule has 0 fully saturated rings. The first-order chi connectivity index (χ1) is 7.95. The quantitative estimate of drug-likeness (QED) is 0.454. The van der Waals surface area contributed by atoms with Crippen LogP contribution in [0.15, 0.2) is 0 Å². The number of rotatable bonds is 9. The fraction of sp³-hybridized carbons (Fsp3) is 0.917. The Morgan fingerprint density at radius 2 is 1.53 bits per heavy atom. The van der Waals surface area contributed by atoms with Crippen LogP contribution < -0.4 is 0 Å². The van der Waals surface area contributed by atoms with Gasteiger partial charge in [0.15, 0.2) is 0 Å². The minimum Gasteiger partial charge on any atom is -0.466 e. The standard InChI is InChI=1S/C12H21F3O2/c1-2-17-11(16)9-7-5-3-4-6-8-10-12(13,14)15/h2-10H2,1H3. The van der Waals surface area contributed by atoms with Crippen molar-refractivity contribution in [3.8, 4) is 0 Å². The number of carbonyl (C=O) groups is 1. The van der Waals surface area contributed by atoms with Gasteiger partial charge in [0.1, 0.15) is 0 Å². The van der Waals surface area contributed by atoms with Crippen molar-refractivity contribution < 1.29 is 22.7 Å². The zero-order valence-electron chi connectivity index (χ0n) is 10.3. The molecule has 0 aliphatic heterocycles. The zero-order valence-corrected chi connectivity index (χ0v) is 10.3. The monoisotopic (exact) mass is 254 g/mol. The highest BCUT2D eigenvalue weighted by Crippen LogP contribution is 2.23. The molecule has 2 nitrogen and oxygen atoms in total. The molecule has 0 unspecified atom stereocenters. The Kier molecular flexibility index (Phi) is 8.90. The summed E-state index contributed by atoms with van der Waals surface area (Å²) in [4.78, 5) is 10.9. The van der Waals surface area contributed by atoms with Crippen LogP contribution in [0.3, 0.4) is 0 Å². The van der Waals surface area contributed by atoms with Crippen LogP contribution in [0.1, 0.15) is 58.3 Å². The smallest absolute Gasteiger partial charge is 0.389 e. The molecule has 0 aromatic carbocycles. The van der Waals surface area contributed by atoms with Crippen LogP contribution in [-0.4, -0.2) is 18.8 Å². The lowest BCUT2D eigenvalue weighted by atomic mass is 10.1. The molecule has 102 valence electrons. The third kappa shape index (κ3) is 13.2. The lowest BCUT2D eigenvalue weighted by Gasteiger charge is -2.05. The van der Waals surface area contributed by atoms with Crippen molar-refractivity contribution >= 4 is 5.97 Å². The first-order valence-corrected chi connectivity index (χ1v) is 6.18. The lowest BCUT2D eigenvalue weighted by molar-refractivity contribution is -0.143. The van der Waals surface area contributed by atoms with Crippen molar-refractivity contribution in [1.29, 1.82) is 0 Å². The summed E-state index contributed by atoms with van der Waals surface area (Å²) in [5.74, 6) is -0.190. The van der Waals surface area contributed by atoms with Crippen molar-refractivity contribution in [3.63, 3.8) is 0 Å². The van der Waals surface area contributed by atoms with E-state index in [1.807, 2.05) is 0 Å². The maximum atomic E-state index is 11.8. The Morgan fingerprint density at radius 1 is 1.00 bits per heavy atom. The van der Waals surface area contributed by atoms with Crippen LogP contribution in [0.5, 0.6) is 0 Å². The normalized spacial score (nSPS) is 11.5. The molecule has 0 bridgehead atoms. The van der Waals surface area contributed by atoms with Crippen molar-refractivity contribution in [2.75, 3.05) is 6.61 Å². The largest absolute Gasteiger partial charge is 0.466 e. The van der Waals surface area contributed by atoms with E-state index in [1.54, 1.807) is 6.92 Å². The predicted octanol–water partition coefficient (Wildman–Crippen LogP) is 4.23. The number of hydrogen-bond acceptors (Lipinski definition) is 2. The van der Waals surface area contributed by atoms with Gasteiger partial charge in [-0.25, -0.2) is 0 Å². The van der Waals surface area contributed by atoms with Gasteiger partial charge < -0.3 is 4.74 Å². The van der Waals surface area contributed by atoms with Gasteiger partial charge in [-0.1, -0.05) is 25.7 Å². The molecule has 0 aliphatic carbocycles. The molecule has 0 aromatic rings. The van der Waals surface area contributed by atoms with E-state index < -0.39 is 12.6 Å². The molecule has 0 spiro atoms. The summed E-state index contributed by atoms with van der Waals surface area (Å²) in [5, 5.41) is 0. The number of hydrogen-bond donors (Lipinski definition) is 0. The minimum absolute atomic E-state index is 0.190. The molecule has 0 aliphatic rings. The van der Waals surface area contributed by atoms with Crippen molar-refractivity contribution in [3.05, 3.63) is 0 Å².